The number of rotatable bonds is 9. The van der Waals surface area contributed by atoms with Crippen molar-refractivity contribution in [1.29, 1.82) is 0 Å². The molecule has 3 nitrogen and oxygen atoms in total. The molecule has 1 aliphatic carbocycles. The third-order valence-electron chi connectivity index (χ3n) is 8.39. The van der Waals surface area contributed by atoms with Gasteiger partial charge in [-0.25, -0.2) is 0 Å². The lowest BCUT2D eigenvalue weighted by Gasteiger charge is -2.40. The van der Waals surface area contributed by atoms with E-state index in [0.29, 0.717) is 0 Å². The highest BCUT2D eigenvalue weighted by Crippen LogP contribution is 2.42. The lowest BCUT2D eigenvalue weighted by molar-refractivity contribution is 0.124. The fraction of sp³-hybridized carbons (Fsp3) is 0.600. The average molecular weight is 446 g/mol. The first-order valence-corrected chi connectivity index (χ1v) is 13.5. The van der Waals surface area contributed by atoms with E-state index in [9.17, 15) is 0 Å². The van der Waals surface area contributed by atoms with Crippen LogP contribution in [0.3, 0.4) is 0 Å². The zero-order chi connectivity index (χ0) is 22.5. The van der Waals surface area contributed by atoms with Gasteiger partial charge in [-0.1, -0.05) is 54.6 Å². The molecule has 33 heavy (non-hydrogen) atoms. The van der Waals surface area contributed by atoms with E-state index in [1.54, 1.807) is 5.56 Å². The van der Waals surface area contributed by atoms with Crippen molar-refractivity contribution in [2.75, 3.05) is 46.3 Å². The van der Waals surface area contributed by atoms with Gasteiger partial charge < -0.3 is 4.90 Å². The standard InChI is InChI=1S/C30H43N3/c1-31(21-27-13-17-33(18-14-27)23-25-7-3-2-4-8-25)22-28-19-30(20-28)29-11-9-26(10-12-29)24-32-15-5-6-16-32/h2-4,7-12,27-28,30H,5-6,13-24H2,1H3. The Morgan fingerprint density at radius 1 is 0.697 bits per heavy atom. The van der Waals surface area contributed by atoms with Crippen LogP contribution >= 0.6 is 0 Å². The first-order chi connectivity index (χ1) is 16.2. The molecular formula is C30H43N3. The second kappa shape index (κ2) is 11.2. The molecule has 2 saturated heterocycles. The molecule has 0 amide bonds. The second-order valence-corrected chi connectivity index (χ2v) is 11.2. The molecule has 5 rings (SSSR count). The van der Waals surface area contributed by atoms with Crippen LogP contribution in [0.15, 0.2) is 54.6 Å². The van der Waals surface area contributed by atoms with Crippen LogP contribution in [-0.2, 0) is 13.1 Å². The lowest BCUT2D eigenvalue weighted by atomic mass is 9.71. The molecule has 0 atom stereocenters. The third kappa shape index (κ3) is 6.47. The molecule has 0 spiro atoms. The average Bonchev–Trinajstić information content (AvgIpc) is 3.32. The Balaban J connectivity index is 0.982. The Hall–Kier alpha value is -1.68. The summed E-state index contributed by atoms with van der Waals surface area (Å²) in [5, 5.41) is 0. The fourth-order valence-corrected chi connectivity index (χ4v) is 6.38. The van der Waals surface area contributed by atoms with Gasteiger partial charge >= 0.3 is 0 Å². The molecule has 0 unspecified atom stereocenters. The Morgan fingerprint density at radius 3 is 1.94 bits per heavy atom. The Labute approximate surface area is 201 Å². The van der Waals surface area contributed by atoms with E-state index in [2.05, 4.69) is 76.3 Å². The molecule has 3 fully saturated rings. The number of likely N-dealkylation sites (tertiary alicyclic amines) is 2. The molecule has 178 valence electrons. The predicted molar refractivity (Wildman–Crippen MR) is 138 cm³/mol. The van der Waals surface area contributed by atoms with Crippen molar-refractivity contribution in [3.8, 4) is 0 Å². The zero-order valence-electron chi connectivity index (χ0n) is 20.7. The summed E-state index contributed by atoms with van der Waals surface area (Å²) in [6, 6.07) is 20.6. The summed E-state index contributed by atoms with van der Waals surface area (Å²) in [4.78, 5) is 7.87. The van der Waals surface area contributed by atoms with Crippen molar-refractivity contribution in [1.82, 2.24) is 14.7 Å². The maximum atomic E-state index is 2.64. The first kappa shape index (κ1) is 23.1. The van der Waals surface area contributed by atoms with Gasteiger partial charge in [-0.3, -0.25) is 9.80 Å². The van der Waals surface area contributed by atoms with Crippen LogP contribution < -0.4 is 0 Å². The molecule has 0 aromatic heterocycles. The molecule has 0 radical (unpaired) electrons. The molecule has 0 N–H and O–H groups in total. The summed E-state index contributed by atoms with van der Waals surface area (Å²) in [6.07, 6.45) is 8.23. The van der Waals surface area contributed by atoms with E-state index in [0.717, 1.165) is 30.8 Å². The molecule has 2 aromatic carbocycles. The highest BCUT2D eigenvalue weighted by molar-refractivity contribution is 5.27. The number of hydrogen-bond acceptors (Lipinski definition) is 3. The molecular weight excluding hydrogens is 402 g/mol. The number of benzene rings is 2. The monoisotopic (exact) mass is 445 g/mol. The van der Waals surface area contributed by atoms with Gasteiger partial charge in [0, 0.05) is 26.2 Å². The third-order valence-corrected chi connectivity index (χ3v) is 8.39. The largest absolute Gasteiger partial charge is 0.306 e. The number of nitrogens with zero attached hydrogens (tertiary/aromatic N) is 3. The second-order valence-electron chi connectivity index (χ2n) is 11.2. The van der Waals surface area contributed by atoms with Crippen LogP contribution in [0.25, 0.3) is 0 Å². The Morgan fingerprint density at radius 2 is 1.27 bits per heavy atom. The quantitative estimate of drug-likeness (QED) is 0.496. The highest BCUT2D eigenvalue weighted by Gasteiger charge is 2.31. The minimum absolute atomic E-state index is 0.797. The van der Waals surface area contributed by atoms with Crippen LogP contribution in [0.4, 0.5) is 0 Å². The minimum atomic E-state index is 0.797. The number of hydrogen-bond donors (Lipinski definition) is 0. The summed E-state index contributed by atoms with van der Waals surface area (Å²) >= 11 is 0. The highest BCUT2D eigenvalue weighted by atomic mass is 15.1. The van der Waals surface area contributed by atoms with E-state index in [-0.39, 0.29) is 0 Å². The topological polar surface area (TPSA) is 9.72 Å². The van der Waals surface area contributed by atoms with Gasteiger partial charge in [0.15, 0.2) is 0 Å². The van der Waals surface area contributed by atoms with Crippen LogP contribution in [0, 0.1) is 11.8 Å². The van der Waals surface area contributed by atoms with Crippen molar-refractivity contribution in [2.45, 2.75) is 57.5 Å². The molecule has 0 bridgehead atoms. The molecule has 2 heterocycles. The van der Waals surface area contributed by atoms with Gasteiger partial charge in [-0.05, 0) is 106 Å². The normalized spacial score (nSPS) is 24.9. The molecule has 1 saturated carbocycles. The molecule has 2 aromatic rings. The molecule has 3 aliphatic rings. The van der Waals surface area contributed by atoms with Crippen molar-refractivity contribution in [3.63, 3.8) is 0 Å². The van der Waals surface area contributed by atoms with Gasteiger partial charge in [0.1, 0.15) is 0 Å². The summed E-state index contributed by atoms with van der Waals surface area (Å²) in [7, 11) is 2.36. The molecule has 3 heteroatoms. The summed E-state index contributed by atoms with van der Waals surface area (Å²) in [5.41, 5.74) is 4.52. The van der Waals surface area contributed by atoms with E-state index < -0.39 is 0 Å². The van der Waals surface area contributed by atoms with Gasteiger partial charge in [0.2, 0.25) is 0 Å². The van der Waals surface area contributed by atoms with Crippen molar-refractivity contribution in [2.24, 2.45) is 11.8 Å². The van der Waals surface area contributed by atoms with Crippen LogP contribution in [0.2, 0.25) is 0 Å². The smallest absolute Gasteiger partial charge is 0.0233 e. The van der Waals surface area contributed by atoms with Gasteiger partial charge in [-0.2, -0.15) is 0 Å². The van der Waals surface area contributed by atoms with E-state index in [1.807, 2.05) is 0 Å². The predicted octanol–water partition coefficient (Wildman–Crippen LogP) is 5.62. The number of piperidine rings is 1. The van der Waals surface area contributed by atoms with Crippen LogP contribution in [0.1, 0.15) is 61.1 Å². The zero-order valence-corrected chi connectivity index (χ0v) is 20.7. The lowest BCUT2D eigenvalue weighted by Crippen LogP contribution is -2.40. The minimum Gasteiger partial charge on any atom is -0.306 e. The van der Waals surface area contributed by atoms with E-state index in [1.165, 1.54) is 88.9 Å². The Bertz CT molecular complexity index is 829. The first-order valence-electron chi connectivity index (χ1n) is 13.5. The maximum Gasteiger partial charge on any atom is 0.0233 e. The Kier molecular flexibility index (Phi) is 7.81. The summed E-state index contributed by atoms with van der Waals surface area (Å²) in [6.45, 7) is 9.91. The van der Waals surface area contributed by atoms with E-state index >= 15 is 0 Å². The van der Waals surface area contributed by atoms with Crippen molar-refractivity contribution >= 4 is 0 Å². The van der Waals surface area contributed by atoms with Crippen LogP contribution in [0.5, 0.6) is 0 Å². The summed E-state index contributed by atoms with van der Waals surface area (Å²) in [5.74, 6) is 2.56. The maximum absolute atomic E-state index is 2.64. The van der Waals surface area contributed by atoms with E-state index in [4.69, 9.17) is 0 Å². The SMILES string of the molecule is CN(CC1CCN(Cc2ccccc2)CC1)CC1CC(c2ccc(CN3CCCC3)cc2)C1. The van der Waals surface area contributed by atoms with Gasteiger partial charge in [0.05, 0.1) is 0 Å². The summed E-state index contributed by atoms with van der Waals surface area (Å²) < 4.78 is 0. The molecule has 2 aliphatic heterocycles. The fourth-order valence-electron chi connectivity index (χ4n) is 6.38. The van der Waals surface area contributed by atoms with Gasteiger partial charge in [-0.15, -0.1) is 0 Å². The van der Waals surface area contributed by atoms with Crippen molar-refractivity contribution < 1.29 is 0 Å². The van der Waals surface area contributed by atoms with Crippen molar-refractivity contribution in [3.05, 3.63) is 71.3 Å². The van der Waals surface area contributed by atoms with Crippen LogP contribution in [-0.4, -0.2) is 61.0 Å². The van der Waals surface area contributed by atoms with Gasteiger partial charge in [0.25, 0.3) is 0 Å².